The van der Waals surface area contributed by atoms with Crippen molar-refractivity contribution in [2.24, 2.45) is 5.73 Å². The molecule has 1 heterocycles. The molecule has 1 rings (SSSR count). The molecule has 0 saturated heterocycles. The summed E-state index contributed by atoms with van der Waals surface area (Å²) in [6.07, 6.45) is 3.79. The molecule has 0 aliphatic rings. The van der Waals surface area contributed by atoms with Gasteiger partial charge in [-0.3, -0.25) is 4.79 Å². The van der Waals surface area contributed by atoms with E-state index in [0.717, 1.165) is 6.54 Å². The Morgan fingerprint density at radius 1 is 1.64 bits per heavy atom. The van der Waals surface area contributed by atoms with Gasteiger partial charge in [0.2, 0.25) is 5.91 Å². The minimum Gasteiger partial charge on any atom is -0.368 e. The van der Waals surface area contributed by atoms with Crippen molar-refractivity contribution in [3.8, 4) is 0 Å². The van der Waals surface area contributed by atoms with Crippen molar-refractivity contribution in [3.63, 3.8) is 0 Å². The van der Waals surface area contributed by atoms with Gasteiger partial charge in [0.05, 0.1) is 0 Å². The second kappa shape index (κ2) is 4.81. The third-order valence-electron chi connectivity index (χ3n) is 1.86. The quantitative estimate of drug-likeness (QED) is 0.717. The Balaban J connectivity index is 2.46. The third-order valence-corrected chi connectivity index (χ3v) is 1.86. The maximum atomic E-state index is 10.6. The Hall–Kier alpha value is -1.29. The number of carbonyl (C=O) groups excluding carboxylic acids is 1. The molecule has 0 bridgehead atoms. The van der Waals surface area contributed by atoms with E-state index < -0.39 is 0 Å². The highest BCUT2D eigenvalue weighted by Gasteiger charge is 2.00. The Bertz CT molecular complexity index is 304. The number of hydrogen-bond donors (Lipinski definition) is 2. The summed E-state index contributed by atoms with van der Waals surface area (Å²) in [6, 6.07) is 2.45. The first-order valence-corrected chi connectivity index (χ1v) is 4.74. The molecule has 0 saturated carbocycles. The van der Waals surface area contributed by atoms with Gasteiger partial charge in [-0.05, 0) is 11.6 Å². The molecule has 0 unspecified atom stereocenters. The molecule has 4 heteroatoms. The van der Waals surface area contributed by atoms with Crippen LogP contribution in [-0.4, -0.2) is 16.5 Å². The molecule has 0 aromatic carbocycles. The van der Waals surface area contributed by atoms with E-state index in [-0.39, 0.29) is 12.5 Å². The molecule has 0 radical (unpaired) electrons. The molecule has 4 nitrogen and oxygen atoms in total. The van der Waals surface area contributed by atoms with Crippen molar-refractivity contribution < 1.29 is 4.79 Å². The van der Waals surface area contributed by atoms with E-state index in [0.29, 0.717) is 6.04 Å². The zero-order chi connectivity index (χ0) is 10.6. The smallest absolute Gasteiger partial charge is 0.237 e. The van der Waals surface area contributed by atoms with E-state index >= 15 is 0 Å². The monoisotopic (exact) mass is 195 g/mol. The average Bonchev–Trinajstić information content (AvgIpc) is 2.47. The maximum Gasteiger partial charge on any atom is 0.237 e. The minimum atomic E-state index is -0.316. The van der Waals surface area contributed by atoms with Gasteiger partial charge in [0.15, 0.2) is 0 Å². The lowest BCUT2D eigenvalue weighted by Gasteiger charge is -2.05. The summed E-state index contributed by atoms with van der Waals surface area (Å²) in [4.78, 5) is 10.6. The zero-order valence-corrected chi connectivity index (χ0v) is 8.66. The number of amides is 1. The van der Waals surface area contributed by atoms with Gasteiger partial charge < -0.3 is 15.6 Å². The predicted molar refractivity (Wildman–Crippen MR) is 55.6 cm³/mol. The van der Waals surface area contributed by atoms with Crippen LogP contribution < -0.4 is 11.1 Å². The van der Waals surface area contributed by atoms with Crippen LogP contribution in [0.3, 0.4) is 0 Å². The molecule has 0 fully saturated rings. The van der Waals surface area contributed by atoms with Gasteiger partial charge in [0.25, 0.3) is 0 Å². The number of primary amides is 1. The number of nitrogens with zero attached hydrogens (tertiary/aromatic N) is 1. The van der Waals surface area contributed by atoms with E-state index in [1.165, 1.54) is 5.56 Å². The topological polar surface area (TPSA) is 60.1 Å². The molecular weight excluding hydrogens is 178 g/mol. The lowest BCUT2D eigenvalue weighted by atomic mass is 10.3. The van der Waals surface area contributed by atoms with Crippen molar-refractivity contribution in [2.75, 3.05) is 0 Å². The molecule has 14 heavy (non-hydrogen) atoms. The minimum absolute atomic E-state index is 0.252. The Morgan fingerprint density at radius 3 is 2.93 bits per heavy atom. The van der Waals surface area contributed by atoms with Crippen molar-refractivity contribution in [2.45, 2.75) is 33.0 Å². The average molecular weight is 195 g/mol. The molecular formula is C10H17N3O. The predicted octanol–water partition coefficient (Wildman–Crippen LogP) is 0.471. The highest BCUT2D eigenvalue weighted by atomic mass is 16.1. The summed E-state index contributed by atoms with van der Waals surface area (Å²) in [6.45, 7) is 5.27. The maximum absolute atomic E-state index is 10.6. The zero-order valence-electron chi connectivity index (χ0n) is 8.66. The lowest BCUT2D eigenvalue weighted by Crippen LogP contribution is -2.21. The molecule has 1 aromatic heterocycles. The van der Waals surface area contributed by atoms with Gasteiger partial charge in [-0.15, -0.1) is 0 Å². The summed E-state index contributed by atoms with van der Waals surface area (Å²) in [5, 5.41) is 3.30. The van der Waals surface area contributed by atoms with Crippen LogP contribution in [0.25, 0.3) is 0 Å². The first-order chi connectivity index (χ1) is 6.58. The van der Waals surface area contributed by atoms with Crippen molar-refractivity contribution in [1.82, 2.24) is 9.88 Å². The fourth-order valence-electron chi connectivity index (χ4n) is 1.20. The summed E-state index contributed by atoms with van der Waals surface area (Å²) >= 11 is 0. The fraction of sp³-hybridized carbons (Fsp3) is 0.500. The van der Waals surface area contributed by atoms with Gasteiger partial charge in [-0.1, -0.05) is 13.8 Å². The normalized spacial score (nSPS) is 10.8. The van der Waals surface area contributed by atoms with Crippen LogP contribution in [-0.2, 0) is 17.9 Å². The number of hydrogen-bond acceptors (Lipinski definition) is 2. The highest BCUT2D eigenvalue weighted by molar-refractivity contribution is 5.73. The van der Waals surface area contributed by atoms with Gasteiger partial charge in [-0.25, -0.2) is 0 Å². The van der Waals surface area contributed by atoms with E-state index in [1.807, 2.05) is 18.5 Å². The van der Waals surface area contributed by atoms with E-state index in [2.05, 4.69) is 19.2 Å². The number of rotatable bonds is 5. The molecule has 0 aliphatic carbocycles. The van der Waals surface area contributed by atoms with Crippen LogP contribution in [0.2, 0.25) is 0 Å². The van der Waals surface area contributed by atoms with Gasteiger partial charge in [0, 0.05) is 25.0 Å². The van der Waals surface area contributed by atoms with Crippen LogP contribution >= 0.6 is 0 Å². The van der Waals surface area contributed by atoms with E-state index in [1.54, 1.807) is 4.57 Å². The Labute approximate surface area is 84.1 Å². The molecule has 1 amide bonds. The summed E-state index contributed by atoms with van der Waals surface area (Å²) in [7, 11) is 0. The number of carbonyl (C=O) groups is 1. The number of nitrogens with two attached hydrogens (primary N) is 1. The van der Waals surface area contributed by atoms with E-state index in [4.69, 9.17) is 5.73 Å². The molecule has 0 spiro atoms. The molecule has 0 aliphatic heterocycles. The first kappa shape index (κ1) is 10.8. The van der Waals surface area contributed by atoms with Gasteiger partial charge in [-0.2, -0.15) is 0 Å². The molecule has 1 aromatic rings. The third kappa shape index (κ3) is 3.62. The second-order valence-electron chi connectivity index (χ2n) is 3.69. The van der Waals surface area contributed by atoms with Crippen LogP contribution in [0.1, 0.15) is 19.4 Å². The van der Waals surface area contributed by atoms with E-state index in [9.17, 15) is 4.79 Å². The van der Waals surface area contributed by atoms with Crippen molar-refractivity contribution >= 4 is 5.91 Å². The number of nitrogens with one attached hydrogen (secondary N) is 1. The molecule has 78 valence electrons. The highest BCUT2D eigenvalue weighted by Crippen LogP contribution is 2.01. The summed E-state index contributed by atoms with van der Waals surface area (Å²) in [5.74, 6) is -0.316. The molecule has 3 N–H and O–H groups in total. The van der Waals surface area contributed by atoms with Gasteiger partial charge >= 0.3 is 0 Å². The lowest BCUT2D eigenvalue weighted by molar-refractivity contribution is -0.118. The largest absolute Gasteiger partial charge is 0.368 e. The summed E-state index contributed by atoms with van der Waals surface area (Å²) < 4.78 is 1.79. The molecule has 0 atom stereocenters. The van der Waals surface area contributed by atoms with Crippen molar-refractivity contribution in [3.05, 3.63) is 24.0 Å². The van der Waals surface area contributed by atoms with Crippen LogP contribution in [0.4, 0.5) is 0 Å². The van der Waals surface area contributed by atoms with Crippen LogP contribution in [0, 0.1) is 0 Å². The number of aromatic nitrogens is 1. The fourth-order valence-corrected chi connectivity index (χ4v) is 1.20. The standard InChI is InChI=1S/C10H17N3O/c1-8(2)12-5-9-3-4-13(6-9)7-10(11)14/h3-4,6,8,12H,5,7H2,1-2H3,(H2,11,14). The SMILES string of the molecule is CC(C)NCc1ccn(CC(N)=O)c1. The van der Waals surface area contributed by atoms with Gasteiger partial charge in [0.1, 0.15) is 6.54 Å². The van der Waals surface area contributed by atoms with Crippen LogP contribution in [0.15, 0.2) is 18.5 Å². The second-order valence-corrected chi connectivity index (χ2v) is 3.69. The van der Waals surface area contributed by atoms with Crippen LogP contribution in [0.5, 0.6) is 0 Å². The Morgan fingerprint density at radius 2 is 2.36 bits per heavy atom. The van der Waals surface area contributed by atoms with Crippen molar-refractivity contribution in [1.29, 1.82) is 0 Å². The summed E-state index contributed by atoms with van der Waals surface area (Å²) in [5.41, 5.74) is 6.25. The Kier molecular flexibility index (Phi) is 3.71. The first-order valence-electron chi connectivity index (χ1n) is 4.74.